The van der Waals surface area contributed by atoms with Crippen molar-refractivity contribution >= 4 is 50.9 Å². The van der Waals surface area contributed by atoms with E-state index < -0.39 is 11.4 Å². The number of thioether (sulfide) groups is 1. The second-order valence-electron chi connectivity index (χ2n) is 5.53. The molecule has 0 bridgehead atoms. The summed E-state index contributed by atoms with van der Waals surface area (Å²) in [6.07, 6.45) is 4.06. The number of thiazole rings is 1. The van der Waals surface area contributed by atoms with Gasteiger partial charge in [0.05, 0.1) is 15.6 Å². The highest BCUT2D eigenvalue weighted by molar-refractivity contribution is 8.00. The average Bonchev–Trinajstić information content (AvgIpc) is 2.84. The molecule has 1 aliphatic rings. The van der Waals surface area contributed by atoms with Crippen LogP contribution in [0, 0.1) is 5.41 Å². The monoisotopic (exact) mass is 336 g/mol. The molecule has 5 nitrogen and oxygen atoms in total. The number of carboxylic acids is 1. The number of nitrogens with zero attached hydrogens (tertiary/aromatic N) is 1. The first-order valence-electron chi connectivity index (χ1n) is 7.00. The molecule has 1 heterocycles. The van der Waals surface area contributed by atoms with Crippen LogP contribution in [0.4, 0.5) is 5.69 Å². The van der Waals surface area contributed by atoms with Crippen LogP contribution in [-0.4, -0.2) is 28.2 Å². The van der Waals surface area contributed by atoms with Gasteiger partial charge in [0.2, 0.25) is 5.91 Å². The van der Waals surface area contributed by atoms with Gasteiger partial charge >= 0.3 is 5.97 Å². The highest BCUT2D eigenvalue weighted by Gasteiger charge is 2.45. The quantitative estimate of drug-likeness (QED) is 0.816. The Hall–Kier alpha value is -1.60. The standard InChI is InChI=1S/C15H16N2O3S2/c1-21-14-17-10-4-3-9(7-11(10)22-14)16-12(18)8-15(13(19)20)5-2-6-15/h3-4,7H,2,5-6,8H2,1H3,(H,16,18)(H,19,20). The number of anilines is 1. The van der Waals surface area contributed by atoms with Crippen molar-refractivity contribution in [1.29, 1.82) is 0 Å². The number of aromatic nitrogens is 1. The number of hydrogen-bond acceptors (Lipinski definition) is 5. The number of rotatable bonds is 5. The van der Waals surface area contributed by atoms with Crippen molar-refractivity contribution in [1.82, 2.24) is 4.98 Å². The molecule has 2 aromatic rings. The Morgan fingerprint density at radius 3 is 2.82 bits per heavy atom. The van der Waals surface area contributed by atoms with Gasteiger partial charge in [0.25, 0.3) is 0 Å². The van der Waals surface area contributed by atoms with E-state index in [4.69, 9.17) is 0 Å². The number of aliphatic carboxylic acids is 1. The summed E-state index contributed by atoms with van der Waals surface area (Å²) < 4.78 is 2.00. The Kier molecular flexibility index (Phi) is 4.10. The van der Waals surface area contributed by atoms with Crippen LogP contribution >= 0.6 is 23.1 Å². The van der Waals surface area contributed by atoms with Crippen LogP contribution in [-0.2, 0) is 9.59 Å². The number of fused-ring (bicyclic) bond motifs is 1. The van der Waals surface area contributed by atoms with E-state index >= 15 is 0 Å². The number of amides is 1. The van der Waals surface area contributed by atoms with E-state index in [1.165, 1.54) is 0 Å². The van der Waals surface area contributed by atoms with E-state index in [0.29, 0.717) is 18.5 Å². The molecular weight excluding hydrogens is 320 g/mol. The molecule has 0 aliphatic heterocycles. The van der Waals surface area contributed by atoms with Gasteiger partial charge in [-0.25, -0.2) is 4.98 Å². The molecule has 22 heavy (non-hydrogen) atoms. The van der Waals surface area contributed by atoms with Crippen LogP contribution < -0.4 is 5.32 Å². The van der Waals surface area contributed by atoms with Gasteiger partial charge in [0.1, 0.15) is 0 Å². The van der Waals surface area contributed by atoms with Gasteiger partial charge in [-0.15, -0.1) is 11.3 Å². The van der Waals surface area contributed by atoms with E-state index in [9.17, 15) is 14.7 Å². The molecule has 0 radical (unpaired) electrons. The number of carbonyl (C=O) groups excluding carboxylic acids is 1. The summed E-state index contributed by atoms with van der Waals surface area (Å²) in [6.45, 7) is 0. The van der Waals surface area contributed by atoms with Gasteiger partial charge in [-0.3, -0.25) is 9.59 Å². The van der Waals surface area contributed by atoms with E-state index in [2.05, 4.69) is 10.3 Å². The third kappa shape index (κ3) is 2.83. The Balaban J connectivity index is 1.72. The summed E-state index contributed by atoms with van der Waals surface area (Å²) in [6, 6.07) is 5.56. The number of benzene rings is 1. The summed E-state index contributed by atoms with van der Waals surface area (Å²) in [7, 11) is 0. The second kappa shape index (κ2) is 5.89. The lowest BCUT2D eigenvalue weighted by atomic mass is 9.66. The van der Waals surface area contributed by atoms with Crippen molar-refractivity contribution in [2.75, 3.05) is 11.6 Å². The topological polar surface area (TPSA) is 79.3 Å². The number of nitrogens with one attached hydrogen (secondary N) is 1. The van der Waals surface area contributed by atoms with E-state index in [1.54, 1.807) is 29.2 Å². The Morgan fingerprint density at radius 2 is 2.23 bits per heavy atom. The lowest BCUT2D eigenvalue weighted by Crippen LogP contribution is -2.41. The minimum Gasteiger partial charge on any atom is -0.481 e. The maximum Gasteiger partial charge on any atom is 0.310 e. The lowest BCUT2D eigenvalue weighted by Gasteiger charge is -2.36. The third-order valence-corrected chi connectivity index (χ3v) is 6.09. The minimum atomic E-state index is -0.864. The van der Waals surface area contributed by atoms with Gasteiger partial charge < -0.3 is 10.4 Å². The Morgan fingerprint density at radius 1 is 1.45 bits per heavy atom. The maximum absolute atomic E-state index is 12.1. The zero-order valence-electron chi connectivity index (χ0n) is 12.1. The fourth-order valence-corrected chi connectivity index (χ4v) is 4.18. The predicted molar refractivity (Wildman–Crippen MR) is 88.6 cm³/mol. The van der Waals surface area contributed by atoms with E-state index in [-0.39, 0.29) is 12.3 Å². The highest BCUT2D eigenvalue weighted by Crippen LogP contribution is 2.44. The number of carboxylic acid groups (broad SMARTS) is 1. The first-order valence-corrected chi connectivity index (χ1v) is 9.04. The van der Waals surface area contributed by atoms with Crippen LogP contribution in [0.3, 0.4) is 0 Å². The molecule has 116 valence electrons. The molecule has 3 rings (SSSR count). The van der Waals surface area contributed by atoms with Crippen LogP contribution in [0.15, 0.2) is 22.5 Å². The summed E-state index contributed by atoms with van der Waals surface area (Å²) in [5.74, 6) is -1.10. The molecule has 1 aliphatic carbocycles. The molecule has 2 N–H and O–H groups in total. The molecular formula is C15H16N2O3S2. The molecule has 1 aromatic carbocycles. The minimum absolute atomic E-state index is 0.0408. The molecule has 1 fully saturated rings. The number of carbonyl (C=O) groups is 2. The van der Waals surface area contributed by atoms with E-state index in [1.807, 2.05) is 18.4 Å². The SMILES string of the molecule is CSc1nc2ccc(NC(=O)CC3(C(=O)O)CCC3)cc2s1. The molecule has 0 unspecified atom stereocenters. The first-order chi connectivity index (χ1) is 10.5. The van der Waals surface area contributed by atoms with Crippen molar-refractivity contribution < 1.29 is 14.7 Å². The second-order valence-corrected chi connectivity index (χ2v) is 7.61. The fraction of sp³-hybridized carbons (Fsp3) is 0.400. The molecule has 1 amide bonds. The van der Waals surface area contributed by atoms with E-state index in [0.717, 1.165) is 21.0 Å². The van der Waals surface area contributed by atoms with Gasteiger partial charge in [0, 0.05) is 12.1 Å². The average molecular weight is 336 g/mol. The van der Waals surface area contributed by atoms with Crippen molar-refractivity contribution in [3.8, 4) is 0 Å². The summed E-state index contributed by atoms with van der Waals surface area (Å²) in [5.41, 5.74) is 0.743. The van der Waals surface area contributed by atoms with Crippen LogP contribution in [0.2, 0.25) is 0 Å². The van der Waals surface area contributed by atoms with Gasteiger partial charge in [-0.05, 0) is 37.3 Å². The molecule has 1 saturated carbocycles. The van der Waals surface area contributed by atoms with Crippen molar-refractivity contribution in [3.63, 3.8) is 0 Å². The molecule has 0 saturated heterocycles. The first kappa shape index (κ1) is 15.3. The summed E-state index contributed by atoms with van der Waals surface area (Å²) in [5, 5.41) is 12.1. The lowest BCUT2D eigenvalue weighted by molar-refractivity contribution is -0.157. The Labute approximate surface area is 136 Å². The fourth-order valence-electron chi connectivity index (χ4n) is 2.65. The summed E-state index contributed by atoms with van der Waals surface area (Å²) in [4.78, 5) is 27.9. The highest BCUT2D eigenvalue weighted by atomic mass is 32.2. The number of hydrogen-bond donors (Lipinski definition) is 2. The normalized spacial score (nSPS) is 16.2. The zero-order chi connectivity index (χ0) is 15.7. The predicted octanol–water partition coefficient (Wildman–Crippen LogP) is 3.60. The zero-order valence-corrected chi connectivity index (χ0v) is 13.7. The van der Waals surface area contributed by atoms with Gasteiger partial charge in [-0.2, -0.15) is 0 Å². The molecule has 0 spiro atoms. The largest absolute Gasteiger partial charge is 0.481 e. The van der Waals surface area contributed by atoms with Gasteiger partial charge in [-0.1, -0.05) is 18.2 Å². The van der Waals surface area contributed by atoms with Gasteiger partial charge in [0.15, 0.2) is 4.34 Å². The summed E-state index contributed by atoms with van der Waals surface area (Å²) >= 11 is 3.17. The third-order valence-electron chi connectivity index (χ3n) is 4.09. The van der Waals surface area contributed by atoms with Crippen LogP contribution in [0.1, 0.15) is 25.7 Å². The molecule has 0 atom stereocenters. The van der Waals surface area contributed by atoms with Crippen LogP contribution in [0.25, 0.3) is 10.2 Å². The smallest absolute Gasteiger partial charge is 0.310 e. The van der Waals surface area contributed by atoms with Crippen molar-refractivity contribution in [2.45, 2.75) is 30.0 Å². The maximum atomic E-state index is 12.1. The van der Waals surface area contributed by atoms with Crippen molar-refractivity contribution in [2.24, 2.45) is 5.41 Å². The Bertz CT molecular complexity index is 737. The van der Waals surface area contributed by atoms with Crippen molar-refractivity contribution in [3.05, 3.63) is 18.2 Å². The van der Waals surface area contributed by atoms with Crippen LogP contribution in [0.5, 0.6) is 0 Å². The molecule has 7 heteroatoms. The molecule has 1 aromatic heterocycles.